The summed E-state index contributed by atoms with van der Waals surface area (Å²) in [6, 6.07) is 10.7. The third-order valence-corrected chi connectivity index (χ3v) is 5.93. The van der Waals surface area contributed by atoms with Crippen molar-refractivity contribution in [3.05, 3.63) is 59.4 Å². The molecule has 138 valence electrons. The van der Waals surface area contributed by atoms with Crippen LogP contribution in [0.15, 0.2) is 48.0 Å². The first kappa shape index (κ1) is 17.9. The molecule has 0 aliphatic rings. The fraction of sp³-hybridized carbons (Fsp3) is 0.227. The van der Waals surface area contributed by atoms with E-state index in [1.165, 1.54) is 6.07 Å². The van der Waals surface area contributed by atoms with Crippen LogP contribution in [0.25, 0.3) is 32.1 Å². The van der Waals surface area contributed by atoms with E-state index in [0.717, 1.165) is 34.1 Å². The van der Waals surface area contributed by atoms with Gasteiger partial charge >= 0.3 is 0 Å². The van der Waals surface area contributed by atoms with E-state index in [4.69, 9.17) is 0 Å². The first-order valence-corrected chi connectivity index (χ1v) is 9.99. The highest BCUT2D eigenvalue weighted by atomic mass is 32.1. The van der Waals surface area contributed by atoms with Crippen LogP contribution in [0.1, 0.15) is 19.4 Å². The van der Waals surface area contributed by atoms with Gasteiger partial charge < -0.3 is 5.11 Å². The van der Waals surface area contributed by atoms with Crippen LogP contribution in [-0.2, 0) is 6.54 Å². The zero-order valence-corrected chi connectivity index (χ0v) is 16.2. The standard InChI is InChI=1S/C22H21FN2OS/c1-3-25(4-2)13-15-6-5-14(11-17(15)23)21-19(26)8-7-18-22(21)16-9-10-27-20(16)12-24-18/h5-12,26H,3-4,13H2,1-2H3. The Morgan fingerprint density at radius 2 is 1.93 bits per heavy atom. The summed E-state index contributed by atoms with van der Waals surface area (Å²) < 4.78 is 15.9. The predicted octanol–water partition coefficient (Wildman–Crippen LogP) is 5.80. The second-order valence-electron chi connectivity index (χ2n) is 6.58. The summed E-state index contributed by atoms with van der Waals surface area (Å²) in [5.41, 5.74) is 2.76. The quantitative estimate of drug-likeness (QED) is 0.475. The second kappa shape index (κ2) is 7.25. The third kappa shape index (κ3) is 3.17. The molecule has 0 unspecified atom stereocenters. The Balaban J connectivity index is 1.88. The van der Waals surface area contributed by atoms with E-state index in [1.807, 2.05) is 29.8 Å². The fourth-order valence-electron chi connectivity index (χ4n) is 3.53. The topological polar surface area (TPSA) is 36.4 Å². The van der Waals surface area contributed by atoms with E-state index in [9.17, 15) is 9.50 Å². The number of pyridine rings is 1. The number of hydrogen-bond acceptors (Lipinski definition) is 4. The number of aromatic nitrogens is 1. The van der Waals surface area contributed by atoms with Crippen LogP contribution in [-0.4, -0.2) is 28.1 Å². The van der Waals surface area contributed by atoms with E-state index >= 15 is 0 Å². The van der Waals surface area contributed by atoms with Crippen LogP contribution in [0.4, 0.5) is 4.39 Å². The minimum absolute atomic E-state index is 0.138. The monoisotopic (exact) mass is 380 g/mol. The summed E-state index contributed by atoms with van der Waals surface area (Å²) in [6.45, 7) is 6.48. The van der Waals surface area contributed by atoms with Crippen molar-refractivity contribution in [3.8, 4) is 16.9 Å². The molecule has 0 fully saturated rings. The minimum atomic E-state index is -0.249. The highest BCUT2D eigenvalue weighted by molar-refractivity contribution is 7.17. The number of hydrogen-bond donors (Lipinski definition) is 1. The lowest BCUT2D eigenvalue weighted by Crippen LogP contribution is -2.22. The van der Waals surface area contributed by atoms with Gasteiger partial charge in [0.15, 0.2) is 0 Å². The van der Waals surface area contributed by atoms with Gasteiger partial charge in [-0.3, -0.25) is 9.88 Å². The number of benzene rings is 2. The number of phenols is 1. The van der Waals surface area contributed by atoms with Crippen molar-refractivity contribution in [2.75, 3.05) is 13.1 Å². The lowest BCUT2D eigenvalue weighted by molar-refractivity contribution is 0.291. The van der Waals surface area contributed by atoms with Crippen LogP contribution in [0.5, 0.6) is 5.75 Å². The molecule has 2 heterocycles. The lowest BCUT2D eigenvalue weighted by atomic mass is 9.96. The molecule has 0 amide bonds. The van der Waals surface area contributed by atoms with Gasteiger partial charge in [-0.1, -0.05) is 26.0 Å². The molecule has 4 rings (SSSR count). The molecular formula is C22H21FN2OS. The third-order valence-electron chi connectivity index (χ3n) is 5.08. The maximum atomic E-state index is 14.8. The van der Waals surface area contributed by atoms with E-state index < -0.39 is 0 Å². The summed E-state index contributed by atoms with van der Waals surface area (Å²) >= 11 is 1.61. The number of aromatic hydroxyl groups is 1. The first-order valence-electron chi connectivity index (χ1n) is 9.11. The molecular weight excluding hydrogens is 359 g/mol. The van der Waals surface area contributed by atoms with Crippen molar-refractivity contribution >= 4 is 32.3 Å². The molecule has 2 aromatic heterocycles. The van der Waals surface area contributed by atoms with E-state index in [0.29, 0.717) is 23.2 Å². The van der Waals surface area contributed by atoms with Crippen LogP contribution in [0.2, 0.25) is 0 Å². The second-order valence-corrected chi connectivity index (χ2v) is 7.53. The van der Waals surface area contributed by atoms with Crippen LogP contribution < -0.4 is 0 Å². The summed E-state index contributed by atoms with van der Waals surface area (Å²) in [5.74, 6) is -0.111. The molecule has 0 saturated heterocycles. The largest absolute Gasteiger partial charge is 0.507 e. The Morgan fingerprint density at radius 3 is 2.67 bits per heavy atom. The Kier molecular flexibility index (Phi) is 4.81. The predicted molar refractivity (Wildman–Crippen MR) is 111 cm³/mol. The highest BCUT2D eigenvalue weighted by Crippen LogP contribution is 2.40. The van der Waals surface area contributed by atoms with Gasteiger partial charge in [0.25, 0.3) is 0 Å². The average Bonchev–Trinajstić information content (AvgIpc) is 3.16. The molecule has 27 heavy (non-hydrogen) atoms. The summed E-state index contributed by atoms with van der Waals surface area (Å²) in [4.78, 5) is 6.68. The Morgan fingerprint density at radius 1 is 1.11 bits per heavy atom. The van der Waals surface area contributed by atoms with Gasteiger partial charge in [-0.05, 0) is 48.3 Å². The van der Waals surface area contributed by atoms with E-state index in [1.54, 1.807) is 23.5 Å². The fourth-order valence-corrected chi connectivity index (χ4v) is 4.29. The van der Waals surface area contributed by atoms with E-state index in [2.05, 4.69) is 23.7 Å². The molecule has 5 heteroatoms. The van der Waals surface area contributed by atoms with Crippen LogP contribution >= 0.6 is 11.3 Å². The molecule has 0 spiro atoms. The Hall–Kier alpha value is -2.50. The van der Waals surface area contributed by atoms with Gasteiger partial charge in [-0.15, -0.1) is 11.3 Å². The molecule has 0 bridgehead atoms. The van der Waals surface area contributed by atoms with Gasteiger partial charge in [0, 0.05) is 34.6 Å². The molecule has 0 aliphatic heterocycles. The average molecular weight is 380 g/mol. The molecule has 2 aromatic carbocycles. The zero-order chi connectivity index (χ0) is 19.0. The van der Waals surface area contributed by atoms with Gasteiger partial charge in [0.2, 0.25) is 0 Å². The van der Waals surface area contributed by atoms with Crippen LogP contribution in [0, 0.1) is 5.82 Å². The molecule has 0 aliphatic carbocycles. The Labute approximate surface area is 161 Å². The maximum absolute atomic E-state index is 14.8. The number of rotatable bonds is 5. The maximum Gasteiger partial charge on any atom is 0.128 e. The van der Waals surface area contributed by atoms with Gasteiger partial charge in [0.05, 0.1) is 10.2 Å². The van der Waals surface area contributed by atoms with Gasteiger partial charge in [-0.2, -0.15) is 0 Å². The van der Waals surface area contributed by atoms with Gasteiger partial charge in [-0.25, -0.2) is 4.39 Å². The number of nitrogens with zero attached hydrogens (tertiary/aromatic N) is 2. The summed E-state index contributed by atoms with van der Waals surface area (Å²) in [5, 5.41) is 14.5. The number of fused-ring (bicyclic) bond motifs is 3. The smallest absolute Gasteiger partial charge is 0.128 e. The molecule has 4 aromatic rings. The number of phenolic OH excluding ortho intramolecular Hbond substituents is 1. The molecule has 1 N–H and O–H groups in total. The lowest BCUT2D eigenvalue weighted by Gasteiger charge is -2.19. The van der Waals surface area contributed by atoms with Crippen molar-refractivity contribution in [2.24, 2.45) is 0 Å². The first-order chi connectivity index (χ1) is 13.1. The van der Waals surface area contributed by atoms with Crippen molar-refractivity contribution in [3.63, 3.8) is 0 Å². The minimum Gasteiger partial charge on any atom is -0.507 e. The van der Waals surface area contributed by atoms with Crippen molar-refractivity contribution in [1.82, 2.24) is 9.88 Å². The SMILES string of the molecule is CCN(CC)Cc1ccc(-c2c(O)ccc3ncc4sccc4c23)cc1F. The zero-order valence-electron chi connectivity index (χ0n) is 15.4. The summed E-state index contributed by atoms with van der Waals surface area (Å²) in [6.07, 6.45) is 1.84. The molecule has 3 nitrogen and oxygen atoms in total. The highest BCUT2D eigenvalue weighted by Gasteiger charge is 2.16. The summed E-state index contributed by atoms with van der Waals surface area (Å²) in [7, 11) is 0. The van der Waals surface area contributed by atoms with Crippen LogP contribution in [0.3, 0.4) is 0 Å². The van der Waals surface area contributed by atoms with Crippen molar-refractivity contribution in [2.45, 2.75) is 20.4 Å². The number of thiophene rings is 1. The van der Waals surface area contributed by atoms with E-state index in [-0.39, 0.29) is 11.6 Å². The molecule has 0 atom stereocenters. The molecule has 0 radical (unpaired) electrons. The van der Waals surface area contributed by atoms with Crippen molar-refractivity contribution in [1.29, 1.82) is 0 Å². The van der Waals surface area contributed by atoms with Crippen molar-refractivity contribution < 1.29 is 9.50 Å². The molecule has 0 saturated carbocycles. The number of halogens is 1. The normalized spacial score (nSPS) is 11.7. The van der Waals surface area contributed by atoms with Gasteiger partial charge in [0.1, 0.15) is 11.6 Å². The Bertz CT molecular complexity index is 1120.